The van der Waals surface area contributed by atoms with E-state index in [1.165, 1.54) is 11.1 Å². The molecule has 3 rings (SSSR count). The molecule has 43 heavy (non-hydrogen) atoms. The zero-order chi connectivity index (χ0) is 30.9. The number of benzene rings is 3. The predicted molar refractivity (Wildman–Crippen MR) is 171 cm³/mol. The van der Waals surface area contributed by atoms with Crippen molar-refractivity contribution in [2.45, 2.75) is 58.6 Å². The van der Waals surface area contributed by atoms with Crippen molar-refractivity contribution in [3.63, 3.8) is 0 Å². The van der Waals surface area contributed by atoms with Gasteiger partial charge in [-0.2, -0.15) is 0 Å². The van der Waals surface area contributed by atoms with Crippen LogP contribution in [0.15, 0.2) is 96.6 Å². The van der Waals surface area contributed by atoms with Crippen LogP contribution < -0.4 is 4.74 Å². The number of para-hydroxylation sites is 1. The van der Waals surface area contributed by atoms with Gasteiger partial charge in [-0.25, -0.2) is 4.79 Å². The fraction of sp³-hybridized carbons (Fsp3) is 0.297. The quantitative estimate of drug-likeness (QED) is 0.0932. The predicted octanol–water partition coefficient (Wildman–Crippen LogP) is 7.33. The van der Waals surface area contributed by atoms with Crippen LogP contribution in [-0.4, -0.2) is 40.1 Å². The molecule has 0 aliphatic carbocycles. The summed E-state index contributed by atoms with van der Waals surface area (Å²) in [5.41, 5.74) is 5.96. The van der Waals surface area contributed by atoms with E-state index >= 15 is 0 Å². The molecule has 0 unspecified atom stereocenters. The van der Waals surface area contributed by atoms with Crippen LogP contribution in [0, 0.1) is 12.3 Å². The lowest BCUT2D eigenvalue weighted by atomic mass is 10.0. The normalized spacial score (nSPS) is 11.5. The number of aliphatic carboxylic acids is 1. The number of aryl methyl sites for hydroxylation is 1. The first-order valence-electron chi connectivity index (χ1n) is 14.7. The Bertz CT molecular complexity index is 1410. The third-order valence-electron chi connectivity index (χ3n) is 7.28. The first-order valence-corrected chi connectivity index (χ1v) is 14.7. The maximum Gasteiger partial charge on any atom is 0.335 e. The molecule has 2 N–H and O–H groups in total. The lowest BCUT2D eigenvalue weighted by Gasteiger charge is -2.23. The van der Waals surface area contributed by atoms with Crippen LogP contribution in [0.4, 0.5) is 0 Å². The summed E-state index contributed by atoms with van der Waals surface area (Å²) < 4.78 is 6.26. The number of ether oxygens (including phenoxy) is 1. The second kappa shape index (κ2) is 18.0. The monoisotopic (exact) mass is 579 g/mol. The second-order valence-corrected chi connectivity index (χ2v) is 10.5. The highest BCUT2D eigenvalue weighted by molar-refractivity contribution is 5.87. The maximum atomic E-state index is 11.2. The van der Waals surface area contributed by atoms with Crippen molar-refractivity contribution in [2.75, 3.05) is 13.1 Å². The molecule has 0 aromatic heterocycles. The minimum atomic E-state index is -0.947. The van der Waals surface area contributed by atoms with Gasteiger partial charge in [0.05, 0.1) is 5.56 Å². The number of hydrogen-bond donors (Lipinski definition) is 2. The van der Waals surface area contributed by atoms with Crippen LogP contribution in [0.3, 0.4) is 0 Å². The summed E-state index contributed by atoms with van der Waals surface area (Å²) in [7, 11) is 0. The van der Waals surface area contributed by atoms with E-state index in [9.17, 15) is 14.7 Å². The standard InChI is InChI=1S/C37H41NO5/c1-3-5-10-29(4-2)14-15-30-16-18-32(19-17-30)28-43-35-12-7-6-11-33(35)24-26-38(25-9-8-13-36(39)40)27-31-20-22-34(23-21-31)37(41)42/h1,4-7,10-12,16-23H,8-9,13-15,24-28H2,2H3,(H,39,40)(H,41,42)/b10-5-,29-4+. The molecule has 224 valence electrons. The second-order valence-electron chi connectivity index (χ2n) is 10.5. The highest BCUT2D eigenvalue weighted by Crippen LogP contribution is 2.22. The molecule has 0 amide bonds. The number of carboxylic acid groups (broad SMARTS) is 2. The van der Waals surface area contributed by atoms with Crippen molar-refractivity contribution in [1.29, 1.82) is 0 Å². The van der Waals surface area contributed by atoms with Gasteiger partial charge in [0.25, 0.3) is 0 Å². The number of allylic oxidation sites excluding steroid dienone is 4. The highest BCUT2D eigenvalue weighted by Gasteiger charge is 2.11. The van der Waals surface area contributed by atoms with Crippen LogP contribution in [0.2, 0.25) is 0 Å². The molecule has 0 heterocycles. The van der Waals surface area contributed by atoms with E-state index in [2.05, 4.69) is 47.2 Å². The van der Waals surface area contributed by atoms with Crippen molar-refractivity contribution in [3.05, 3.63) is 124 Å². The number of hydrogen-bond acceptors (Lipinski definition) is 4. The molecule has 3 aromatic carbocycles. The number of nitrogens with zero attached hydrogens (tertiary/aromatic N) is 1. The Morgan fingerprint density at radius 1 is 0.860 bits per heavy atom. The molecule has 0 atom stereocenters. The Balaban J connectivity index is 1.58. The number of rotatable bonds is 18. The van der Waals surface area contributed by atoms with Gasteiger partial charge in [-0.05, 0) is 92.1 Å². The summed E-state index contributed by atoms with van der Waals surface area (Å²) in [6.45, 7) is 4.65. The van der Waals surface area contributed by atoms with Gasteiger partial charge in [0.2, 0.25) is 0 Å². The molecular formula is C37H41NO5. The van der Waals surface area contributed by atoms with E-state index in [0.717, 1.165) is 61.2 Å². The van der Waals surface area contributed by atoms with Gasteiger partial charge in [-0.15, -0.1) is 6.42 Å². The minimum absolute atomic E-state index is 0.152. The lowest BCUT2D eigenvalue weighted by molar-refractivity contribution is -0.137. The summed E-state index contributed by atoms with van der Waals surface area (Å²) >= 11 is 0. The van der Waals surface area contributed by atoms with E-state index in [-0.39, 0.29) is 12.0 Å². The van der Waals surface area contributed by atoms with Crippen molar-refractivity contribution in [2.24, 2.45) is 0 Å². The molecular weight excluding hydrogens is 538 g/mol. The SMILES string of the molecule is C#C/C=C\C(=C/C)CCc1ccc(COc2ccccc2CCN(CCCCC(=O)O)Cc2ccc(C(=O)O)cc2)cc1. The van der Waals surface area contributed by atoms with Gasteiger partial charge >= 0.3 is 11.9 Å². The Morgan fingerprint density at radius 3 is 2.23 bits per heavy atom. The summed E-state index contributed by atoms with van der Waals surface area (Å²) in [5.74, 6) is 1.66. The zero-order valence-corrected chi connectivity index (χ0v) is 24.9. The zero-order valence-electron chi connectivity index (χ0n) is 24.9. The van der Waals surface area contributed by atoms with E-state index in [0.29, 0.717) is 19.6 Å². The largest absolute Gasteiger partial charge is 0.489 e. The van der Waals surface area contributed by atoms with Crippen LogP contribution in [-0.2, 0) is 30.8 Å². The van der Waals surface area contributed by atoms with Crippen molar-refractivity contribution in [3.8, 4) is 18.1 Å². The summed E-state index contributed by atoms with van der Waals surface area (Å²) in [5, 5.41) is 18.2. The van der Waals surface area contributed by atoms with Crippen molar-refractivity contribution in [1.82, 2.24) is 4.90 Å². The fourth-order valence-electron chi connectivity index (χ4n) is 4.75. The molecule has 0 saturated heterocycles. The smallest absolute Gasteiger partial charge is 0.335 e. The third kappa shape index (κ3) is 12.0. The Labute approximate surface area is 255 Å². The topological polar surface area (TPSA) is 87.1 Å². The van der Waals surface area contributed by atoms with E-state index < -0.39 is 11.9 Å². The molecule has 3 aromatic rings. The van der Waals surface area contributed by atoms with E-state index in [4.69, 9.17) is 16.3 Å². The molecule has 0 fully saturated rings. The van der Waals surface area contributed by atoms with Gasteiger partial charge in [0.1, 0.15) is 12.4 Å². The first kappa shape index (κ1) is 32.9. The third-order valence-corrected chi connectivity index (χ3v) is 7.28. The van der Waals surface area contributed by atoms with Crippen LogP contribution >= 0.6 is 0 Å². The van der Waals surface area contributed by atoms with Crippen molar-refractivity contribution >= 4 is 11.9 Å². The molecule has 6 heteroatoms. The number of aromatic carboxylic acids is 1. The average molecular weight is 580 g/mol. The Kier molecular flexibility index (Phi) is 13.8. The van der Waals surface area contributed by atoms with Gasteiger partial charge in [-0.1, -0.05) is 78.2 Å². The van der Waals surface area contributed by atoms with Crippen LogP contribution in [0.25, 0.3) is 0 Å². The number of carbonyl (C=O) groups is 2. The van der Waals surface area contributed by atoms with E-state index in [1.807, 2.05) is 43.3 Å². The van der Waals surface area contributed by atoms with Gasteiger partial charge < -0.3 is 14.9 Å². The van der Waals surface area contributed by atoms with Crippen molar-refractivity contribution < 1.29 is 24.5 Å². The minimum Gasteiger partial charge on any atom is -0.489 e. The molecule has 0 aliphatic rings. The Hall–Kier alpha value is -4.60. The van der Waals surface area contributed by atoms with Gasteiger partial charge in [0, 0.05) is 19.5 Å². The molecule has 0 aliphatic heterocycles. The highest BCUT2D eigenvalue weighted by atomic mass is 16.5. The lowest BCUT2D eigenvalue weighted by Crippen LogP contribution is -2.27. The molecule has 0 bridgehead atoms. The maximum absolute atomic E-state index is 11.2. The number of carboxylic acids is 2. The molecule has 0 radical (unpaired) electrons. The number of terminal acetylenes is 1. The van der Waals surface area contributed by atoms with E-state index in [1.54, 1.807) is 18.2 Å². The Morgan fingerprint density at radius 2 is 1.56 bits per heavy atom. The summed E-state index contributed by atoms with van der Waals surface area (Å²) in [6, 6.07) is 23.5. The first-order chi connectivity index (χ1) is 20.9. The molecule has 6 nitrogen and oxygen atoms in total. The molecule has 0 spiro atoms. The summed E-state index contributed by atoms with van der Waals surface area (Å²) in [6.07, 6.45) is 15.3. The van der Waals surface area contributed by atoms with Gasteiger partial charge in [-0.3, -0.25) is 9.69 Å². The number of unbranched alkanes of at least 4 members (excludes halogenated alkanes) is 1. The summed E-state index contributed by atoms with van der Waals surface area (Å²) in [4.78, 5) is 24.5. The average Bonchev–Trinajstić information content (AvgIpc) is 3.02. The van der Waals surface area contributed by atoms with Crippen LogP contribution in [0.1, 0.15) is 65.2 Å². The molecule has 0 saturated carbocycles. The van der Waals surface area contributed by atoms with Crippen LogP contribution in [0.5, 0.6) is 5.75 Å². The fourth-order valence-corrected chi connectivity index (χ4v) is 4.75. The van der Waals surface area contributed by atoms with Gasteiger partial charge in [0.15, 0.2) is 0 Å².